The Morgan fingerprint density at radius 2 is 1.95 bits per heavy atom. The molecular formula is C11H5Cl2NO5S. The molecule has 0 aliphatic heterocycles. The first-order valence-corrected chi connectivity index (χ1v) is 6.65. The molecule has 0 radical (unpaired) electrons. The van der Waals surface area contributed by atoms with Crippen LogP contribution in [-0.2, 0) is 0 Å². The maximum absolute atomic E-state index is 10.9. The van der Waals surface area contributed by atoms with E-state index < -0.39 is 10.9 Å². The van der Waals surface area contributed by atoms with E-state index >= 15 is 0 Å². The molecule has 1 aromatic carbocycles. The van der Waals surface area contributed by atoms with Gasteiger partial charge in [-0.1, -0.05) is 23.2 Å². The zero-order valence-corrected chi connectivity index (χ0v) is 11.8. The van der Waals surface area contributed by atoms with E-state index in [2.05, 4.69) is 0 Å². The van der Waals surface area contributed by atoms with Crippen LogP contribution in [0.15, 0.2) is 23.6 Å². The molecule has 0 atom stereocenters. The van der Waals surface area contributed by atoms with E-state index in [-0.39, 0.29) is 32.1 Å². The number of ether oxygens (including phenoxy) is 1. The molecule has 9 heteroatoms. The lowest BCUT2D eigenvalue weighted by Gasteiger charge is -2.05. The molecule has 0 fully saturated rings. The summed E-state index contributed by atoms with van der Waals surface area (Å²) in [5.41, 5.74) is -0.359. The monoisotopic (exact) mass is 333 g/mol. The van der Waals surface area contributed by atoms with Crippen LogP contribution in [-0.4, -0.2) is 16.0 Å². The van der Waals surface area contributed by atoms with Gasteiger partial charge in [0.2, 0.25) is 5.75 Å². The molecule has 104 valence electrons. The molecule has 0 spiro atoms. The third-order valence-electron chi connectivity index (χ3n) is 2.21. The van der Waals surface area contributed by atoms with Gasteiger partial charge in [-0.2, -0.15) is 0 Å². The van der Waals surface area contributed by atoms with Gasteiger partial charge in [0.05, 0.1) is 15.0 Å². The highest BCUT2D eigenvalue weighted by molar-refractivity contribution is 7.12. The topological polar surface area (TPSA) is 89.7 Å². The zero-order valence-electron chi connectivity index (χ0n) is 9.50. The number of thiophene rings is 1. The van der Waals surface area contributed by atoms with E-state index in [4.69, 9.17) is 33.0 Å². The number of hydrogen-bond donors (Lipinski definition) is 1. The van der Waals surface area contributed by atoms with Crippen molar-refractivity contribution in [3.8, 4) is 11.5 Å². The molecule has 1 N–H and O–H groups in total. The fourth-order valence-electron chi connectivity index (χ4n) is 1.35. The summed E-state index contributed by atoms with van der Waals surface area (Å²) in [7, 11) is 0. The summed E-state index contributed by atoms with van der Waals surface area (Å²) in [6, 6.07) is 3.54. The number of carboxylic acid groups (broad SMARTS) is 1. The Kier molecular flexibility index (Phi) is 4.12. The summed E-state index contributed by atoms with van der Waals surface area (Å²) in [6.07, 6.45) is 0. The first-order valence-electron chi connectivity index (χ1n) is 5.01. The highest BCUT2D eigenvalue weighted by Crippen LogP contribution is 2.38. The Morgan fingerprint density at radius 3 is 2.50 bits per heavy atom. The molecule has 6 nitrogen and oxygen atoms in total. The zero-order chi connectivity index (χ0) is 14.9. The Labute approximate surface area is 126 Å². The van der Waals surface area contributed by atoms with Gasteiger partial charge in [-0.25, -0.2) is 4.79 Å². The van der Waals surface area contributed by atoms with Gasteiger partial charge < -0.3 is 9.84 Å². The molecule has 1 aromatic heterocycles. The second-order valence-electron chi connectivity index (χ2n) is 3.55. The Hall–Kier alpha value is -1.83. The molecule has 1 heterocycles. The van der Waals surface area contributed by atoms with Crippen molar-refractivity contribution >= 4 is 46.2 Å². The van der Waals surface area contributed by atoms with Crippen molar-refractivity contribution in [3.63, 3.8) is 0 Å². The smallest absolute Gasteiger partial charge is 0.346 e. The molecule has 0 amide bonds. The van der Waals surface area contributed by atoms with E-state index in [1.165, 1.54) is 17.5 Å². The lowest BCUT2D eigenvalue weighted by Crippen LogP contribution is -1.94. The van der Waals surface area contributed by atoms with Crippen LogP contribution in [0.25, 0.3) is 0 Å². The molecule has 0 unspecified atom stereocenters. The molecule has 2 rings (SSSR count). The number of nitro benzene ring substituents is 1. The molecule has 0 saturated carbocycles. The summed E-state index contributed by atoms with van der Waals surface area (Å²) in [6.45, 7) is 0. The lowest BCUT2D eigenvalue weighted by atomic mass is 10.3. The predicted molar refractivity (Wildman–Crippen MR) is 74.5 cm³/mol. The number of rotatable bonds is 4. The summed E-state index contributed by atoms with van der Waals surface area (Å²) in [5, 5.41) is 21.3. The van der Waals surface area contributed by atoms with E-state index in [9.17, 15) is 14.9 Å². The van der Waals surface area contributed by atoms with Gasteiger partial charge in [0, 0.05) is 23.6 Å². The minimum atomic E-state index is -1.10. The van der Waals surface area contributed by atoms with E-state index in [0.29, 0.717) is 0 Å². The highest BCUT2D eigenvalue weighted by atomic mass is 35.5. The fraction of sp³-hybridized carbons (Fsp3) is 0. The van der Waals surface area contributed by atoms with Crippen molar-refractivity contribution in [2.45, 2.75) is 0 Å². The number of halogens is 2. The van der Waals surface area contributed by atoms with Crippen LogP contribution in [0, 0.1) is 10.1 Å². The minimum Gasteiger partial charge on any atom is -0.477 e. The van der Waals surface area contributed by atoms with Crippen LogP contribution in [0.1, 0.15) is 9.67 Å². The average molecular weight is 334 g/mol. The first kappa shape index (κ1) is 14.6. The van der Waals surface area contributed by atoms with Gasteiger partial charge in [0.15, 0.2) is 0 Å². The number of hydrogen-bond acceptors (Lipinski definition) is 5. The summed E-state index contributed by atoms with van der Waals surface area (Å²) in [4.78, 5) is 21.1. The first-order chi connectivity index (χ1) is 9.38. The van der Waals surface area contributed by atoms with Crippen molar-refractivity contribution in [2.24, 2.45) is 0 Å². The average Bonchev–Trinajstić information content (AvgIpc) is 2.82. The van der Waals surface area contributed by atoms with E-state index in [1.54, 1.807) is 0 Å². The van der Waals surface area contributed by atoms with Crippen LogP contribution in [0.5, 0.6) is 11.5 Å². The number of aromatic carboxylic acids is 1. The fourth-order valence-corrected chi connectivity index (χ4v) is 2.31. The molecule has 0 bridgehead atoms. The van der Waals surface area contributed by atoms with Crippen LogP contribution in [0.3, 0.4) is 0 Å². The van der Waals surface area contributed by atoms with Crippen LogP contribution < -0.4 is 4.74 Å². The van der Waals surface area contributed by atoms with Crippen LogP contribution in [0.4, 0.5) is 5.69 Å². The molecule has 0 aliphatic rings. The molecule has 0 saturated heterocycles. The largest absolute Gasteiger partial charge is 0.477 e. The normalized spacial score (nSPS) is 10.3. The Bertz CT molecular complexity index is 700. The number of nitro groups is 1. The molecule has 20 heavy (non-hydrogen) atoms. The van der Waals surface area contributed by atoms with Gasteiger partial charge >= 0.3 is 11.7 Å². The molecule has 2 aromatic rings. The number of carbonyl (C=O) groups is 1. The van der Waals surface area contributed by atoms with Gasteiger partial charge in [-0.15, -0.1) is 11.3 Å². The van der Waals surface area contributed by atoms with Crippen molar-refractivity contribution in [1.29, 1.82) is 0 Å². The maximum Gasteiger partial charge on any atom is 0.346 e. The van der Waals surface area contributed by atoms with Crippen molar-refractivity contribution in [1.82, 2.24) is 0 Å². The SMILES string of the molecule is O=C(O)c1cc(Oc2cc(Cl)c(Cl)cc2[N+](=O)[O-])cs1. The quantitative estimate of drug-likeness (QED) is 0.659. The summed E-state index contributed by atoms with van der Waals surface area (Å²) >= 11 is 12.4. The highest BCUT2D eigenvalue weighted by Gasteiger charge is 2.20. The maximum atomic E-state index is 10.9. The standard InChI is InChI=1S/C11H5Cl2NO5S/c12-6-2-8(14(17)18)9(3-7(6)13)19-5-1-10(11(15)16)20-4-5/h1-4H,(H,15,16). The summed E-state index contributed by atoms with van der Waals surface area (Å²) in [5.74, 6) is -1.04. The van der Waals surface area contributed by atoms with Crippen molar-refractivity contribution < 1.29 is 19.6 Å². The van der Waals surface area contributed by atoms with E-state index in [1.807, 2.05) is 0 Å². The van der Waals surface area contributed by atoms with Gasteiger partial charge in [-0.05, 0) is 0 Å². The Morgan fingerprint density at radius 1 is 1.30 bits per heavy atom. The Balaban J connectivity index is 2.39. The predicted octanol–water partition coefficient (Wildman–Crippen LogP) is 4.45. The lowest BCUT2D eigenvalue weighted by molar-refractivity contribution is -0.385. The van der Waals surface area contributed by atoms with E-state index in [0.717, 1.165) is 17.4 Å². The van der Waals surface area contributed by atoms with Crippen LogP contribution in [0.2, 0.25) is 10.0 Å². The van der Waals surface area contributed by atoms with Gasteiger partial charge in [0.25, 0.3) is 0 Å². The van der Waals surface area contributed by atoms with Gasteiger partial charge in [0.1, 0.15) is 10.6 Å². The third kappa shape index (κ3) is 3.01. The molecule has 0 aliphatic carbocycles. The van der Waals surface area contributed by atoms with Crippen molar-refractivity contribution in [3.05, 3.63) is 48.6 Å². The second-order valence-corrected chi connectivity index (χ2v) is 5.27. The second kappa shape index (κ2) is 5.66. The van der Waals surface area contributed by atoms with Crippen molar-refractivity contribution in [2.75, 3.05) is 0 Å². The molecular weight excluding hydrogens is 329 g/mol. The number of nitrogens with zero attached hydrogens (tertiary/aromatic N) is 1. The van der Waals surface area contributed by atoms with Crippen LogP contribution >= 0.6 is 34.5 Å². The van der Waals surface area contributed by atoms with Gasteiger partial charge in [-0.3, -0.25) is 10.1 Å². The number of benzene rings is 1. The minimum absolute atomic E-state index is 0.0299. The summed E-state index contributed by atoms with van der Waals surface area (Å²) < 4.78 is 5.30. The third-order valence-corrected chi connectivity index (χ3v) is 3.83. The number of carboxylic acids is 1.